The van der Waals surface area contributed by atoms with E-state index in [1.54, 1.807) is 0 Å². The molecule has 0 radical (unpaired) electrons. The summed E-state index contributed by atoms with van der Waals surface area (Å²) >= 11 is 0. The molecule has 2 aliphatic heterocycles. The van der Waals surface area contributed by atoms with Gasteiger partial charge < -0.3 is 14.2 Å². The first-order chi connectivity index (χ1) is 11.5. The van der Waals surface area contributed by atoms with Crippen LogP contribution < -0.4 is 10.4 Å². The van der Waals surface area contributed by atoms with Crippen molar-refractivity contribution in [2.45, 2.75) is 71.1 Å². The Morgan fingerprint density at radius 3 is 2.55 bits per heavy atom. The van der Waals surface area contributed by atoms with Gasteiger partial charge >= 0.3 is 7.12 Å². The monoisotopic (exact) mass is 305 g/mol. The van der Waals surface area contributed by atoms with E-state index in [9.17, 15) is 0 Å². The SMILES string of the molecule is [2H]c1nc(N2CCCCC2C)c([2H])c([2H])c1B1OC(C)(C)C(C)(C)O1. The Bertz CT molecular complexity index is 668. The fraction of sp³-hybridized carbons (Fsp3) is 0.706. The van der Waals surface area contributed by atoms with Crippen molar-refractivity contribution in [3.8, 4) is 0 Å². The van der Waals surface area contributed by atoms with E-state index in [1.807, 2.05) is 27.7 Å². The van der Waals surface area contributed by atoms with Gasteiger partial charge in [-0.15, -0.1) is 0 Å². The van der Waals surface area contributed by atoms with Crippen LogP contribution in [0.1, 0.15) is 58.0 Å². The Balaban J connectivity index is 2.00. The molecule has 3 heterocycles. The first-order valence-corrected chi connectivity index (χ1v) is 8.15. The van der Waals surface area contributed by atoms with Crippen LogP contribution >= 0.6 is 0 Å². The van der Waals surface area contributed by atoms with Crippen molar-refractivity contribution in [1.82, 2.24) is 4.98 Å². The van der Waals surface area contributed by atoms with Crippen LogP contribution in [-0.2, 0) is 9.31 Å². The van der Waals surface area contributed by atoms with Crippen LogP contribution in [-0.4, -0.2) is 35.9 Å². The lowest BCUT2D eigenvalue weighted by molar-refractivity contribution is 0.00578. The molecule has 0 N–H and O–H groups in total. The molecule has 2 saturated heterocycles. The zero-order chi connectivity index (χ0) is 18.6. The normalized spacial score (nSPS) is 29.1. The summed E-state index contributed by atoms with van der Waals surface area (Å²) in [6, 6.07) is 0.299. The van der Waals surface area contributed by atoms with E-state index in [2.05, 4.69) is 16.8 Å². The van der Waals surface area contributed by atoms with E-state index < -0.39 is 18.3 Å². The minimum atomic E-state index is -0.838. The maximum Gasteiger partial charge on any atom is 0.496 e. The quantitative estimate of drug-likeness (QED) is 0.787. The molecule has 0 amide bonds. The summed E-state index contributed by atoms with van der Waals surface area (Å²) < 4.78 is 37.2. The molecule has 5 heteroatoms. The molecule has 0 bridgehead atoms. The standard InChI is InChI=1S/C17H27BN2O2/c1-13-8-6-7-11-20(13)15-10-9-14(12-19-15)18-21-16(2,3)17(4,5)22-18/h9-10,12-13H,6-8,11H2,1-5H3/i9D,10D,12D. The number of aromatic nitrogens is 1. The average Bonchev–Trinajstić information content (AvgIpc) is 2.72. The molecule has 1 unspecified atom stereocenters. The third kappa shape index (κ3) is 2.76. The maximum absolute atomic E-state index is 8.45. The topological polar surface area (TPSA) is 34.6 Å². The maximum atomic E-state index is 8.45. The average molecular weight is 305 g/mol. The van der Waals surface area contributed by atoms with Crippen LogP contribution in [0, 0.1) is 0 Å². The molecule has 1 aromatic rings. The molecule has 1 atom stereocenters. The van der Waals surface area contributed by atoms with Gasteiger partial charge in [0.1, 0.15) is 5.82 Å². The third-order valence-electron chi connectivity index (χ3n) is 5.16. The van der Waals surface area contributed by atoms with Crippen LogP contribution in [0.25, 0.3) is 0 Å². The molecule has 0 spiro atoms. The lowest BCUT2D eigenvalue weighted by Gasteiger charge is -2.34. The summed E-state index contributed by atoms with van der Waals surface area (Å²) in [5, 5.41) is 0. The zero-order valence-corrected chi connectivity index (χ0v) is 14.2. The number of rotatable bonds is 2. The van der Waals surface area contributed by atoms with Gasteiger partial charge in [-0.05, 0) is 59.9 Å². The van der Waals surface area contributed by atoms with E-state index >= 15 is 0 Å². The van der Waals surface area contributed by atoms with E-state index in [1.165, 1.54) is 6.42 Å². The van der Waals surface area contributed by atoms with Gasteiger partial charge in [-0.3, -0.25) is 0 Å². The van der Waals surface area contributed by atoms with E-state index in [0.29, 0.717) is 5.82 Å². The molecule has 2 aliphatic rings. The van der Waals surface area contributed by atoms with Crippen LogP contribution in [0.15, 0.2) is 18.3 Å². The van der Waals surface area contributed by atoms with Crippen molar-refractivity contribution in [2.24, 2.45) is 0 Å². The largest absolute Gasteiger partial charge is 0.496 e. The van der Waals surface area contributed by atoms with Gasteiger partial charge in [0.05, 0.1) is 15.3 Å². The summed E-state index contributed by atoms with van der Waals surface area (Å²) in [6.07, 6.45) is 3.22. The van der Waals surface area contributed by atoms with Crippen molar-refractivity contribution in [3.63, 3.8) is 0 Å². The van der Waals surface area contributed by atoms with E-state index in [-0.39, 0.29) is 29.8 Å². The molecular formula is C17H27BN2O2. The van der Waals surface area contributed by atoms with Gasteiger partial charge in [-0.25, -0.2) is 4.98 Å². The first kappa shape index (κ1) is 12.4. The Labute approximate surface area is 138 Å². The molecule has 0 saturated carbocycles. The van der Waals surface area contributed by atoms with Crippen LogP contribution in [0.4, 0.5) is 5.82 Å². The number of pyridine rings is 1. The third-order valence-corrected chi connectivity index (χ3v) is 5.16. The molecular weight excluding hydrogens is 275 g/mol. The smallest absolute Gasteiger partial charge is 0.399 e. The van der Waals surface area contributed by atoms with E-state index in [0.717, 1.165) is 19.4 Å². The van der Waals surface area contributed by atoms with Crippen LogP contribution in [0.5, 0.6) is 0 Å². The second-order valence-corrected chi connectivity index (χ2v) is 7.34. The molecule has 4 nitrogen and oxygen atoms in total. The highest BCUT2D eigenvalue weighted by molar-refractivity contribution is 6.62. The lowest BCUT2D eigenvalue weighted by Crippen LogP contribution is -2.41. The van der Waals surface area contributed by atoms with Crippen molar-refractivity contribution in [2.75, 3.05) is 11.4 Å². The minimum absolute atomic E-state index is 0.0220. The molecule has 0 aliphatic carbocycles. The summed E-state index contributed by atoms with van der Waals surface area (Å²) in [5.41, 5.74) is -0.866. The van der Waals surface area contributed by atoms with Crippen LogP contribution in [0.3, 0.4) is 0 Å². The molecule has 120 valence electrons. The highest BCUT2D eigenvalue weighted by Crippen LogP contribution is 2.36. The highest BCUT2D eigenvalue weighted by Gasteiger charge is 2.51. The second-order valence-electron chi connectivity index (χ2n) is 7.34. The predicted octanol–water partition coefficient (Wildman–Crippen LogP) is 2.76. The Hall–Kier alpha value is -1.07. The Kier molecular flexibility index (Phi) is 3.11. The van der Waals surface area contributed by atoms with Crippen LogP contribution in [0.2, 0.25) is 0 Å². The summed E-state index contributed by atoms with van der Waals surface area (Å²) in [4.78, 5) is 6.42. The molecule has 0 aromatic carbocycles. The summed E-state index contributed by atoms with van der Waals surface area (Å²) in [7, 11) is -0.838. The zero-order valence-electron chi connectivity index (χ0n) is 17.2. The predicted molar refractivity (Wildman–Crippen MR) is 90.6 cm³/mol. The number of piperidine rings is 1. The molecule has 1 aromatic heterocycles. The van der Waals surface area contributed by atoms with Crippen molar-refractivity contribution in [1.29, 1.82) is 0 Å². The fourth-order valence-electron chi connectivity index (χ4n) is 2.91. The number of hydrogen-bond acceptors (Lipinski definition) is 4. The minimum Gasteiger partial charge on any atom is -0.399 e. The Morgan fingerprint density at radius 2 is 1.91 bits per heavy atom. The van der Waals surface area contributed by atoms with Gasteiger partial charge in [0.15, 0.2) is 0 Å². The van der Waals surface area contributed by atoms with Gasteiger partial charge in [-0.2, -0.15) is 0 Å². The van der Waals surface area contributed by atoms with Gasteiger partial charge in [0, 0.05) is 24.2 Å². The number of hydrogen-bond donors (Lipinski definition) is 0. The Morgan fingerprint density at radius 1 is 1.23 bits per heavy atom. The lowest BCUT2D eigenvalue weighted by atomic mass is 9.80. The summed E-state index contributed by atoms with van der Waals surface area (Å²) in [5.74, 6) is 0.433. The van der Waals surface area contributed by atoms with Gasteiger partial charge in [0.25, 0.3) is 0 Å². The number of anilines is 1. The highest BCUT2D eigenvalue weighted by atomic mass is 16.7. The summed E-state index contributed by atoms with van der Waals surface area (Å²) in [6.45, 7) is 10.6. The first-order valence-electron chi connectivity index (χ1n) is 9.65. The van der Waals surface area contributed by atoms with Gasteiger partial charge in [-0.1, -0.05) is 6.04 Å². The fourth-order valence-corrected chi connectivity index (χ4v) is 2.91. The molecule has 2 fully saturated rings. The second kappa shape index (κ2) is 5.53. The number of nitrogens with zero attached hydrogens (tertiary/aromatic N) is 2. The molecule has 22 heavy (non-hydrogen) atoms. The van der Waals surface area contributed by atoms with Gasteiger partial charge in [0.2, 0.25) is 0 Å². The van der Waals surface area contributed by atoms with Crippen molar-refractivity contribution >= 4 is 18.4 Å². The van der Waals surface area contributed by atoms with E-state index in [4.69, 9.17) is 13.4 Å². The molecule has 3 rings (SSSR count). The van der Waals surface area contributed by atoms with Crippen molar-refractivity contribution in [3.05, 3.63) is 18.3 Å². The van der Waals surface area contributed by atoms with Crippen molar-refractivity contribution < 1.29 is 13.4 Å².